The van der Waals surface area contributed by atoms with Gasteiger partial charge in [-0.2, -0.15) is 0 Å². The maximum atomic E-state index is 5.39. The molecule has 0 amide bonds. The van der Waals surface area contributed by atoms with Crippen molar-refractivity contribution >= 4 is 0 Å². The van der Waals surface area contributed by atoms with Gasteiger partial charge in [-0.05, 0) is 30.5 Å². The average Bonchev–Trinajstić information content (AvgIpc) is 2.94. The van der Waals surface area contributed by atoms with Crippen LogP contribution in [0.1, 0.15) is 30.0 Å². The largest absolute Gasteiger partial charge is 0.379 e. The minimum absolute atomic E-state index is 0.578. The first-order valence-electron chi connectivity index (χ1n) is 7.04. The average molecular weight is 246 g/mol. The van der Waals surface area contributed by atoms with Gasteiger partial charge in [0, 0.05) is 25.7 Å². The van der Waals surface area contributed by atoms with Crippen LogP contribution >= 0.6 is 0 Å². The first-order chi connectivity index (χ1) is 8.92. The predicted molar refractivity (Wildman–Crippen MR) is 72.5 cm³/mol. The number of hydrogen-bond acceptors (Lipinski definition) is 3. The van der Waals surface area contributed by atoms with Crippen molar-refractivity contribution < 1.29 is 4.74 Å². The molecular formula is C15H22N2O. The van der Waals surface area contributed by atoms with E-state index in [-0.39, 0.29) is 0 Å². The van der Waals surface area contributed by atoms with Crippen LogP contribution in [-0.4, -0.2) is 37.7 Å². The van der Waals surface area contributed by atoms with E-state index in [1.807, 2.05) is 0 Å². The van der Waals surface area contributed by atoms with E-state index in [4.69, 9.17) is 4.74 Å². The summed E-state index contributed by atoms with van der Waals surface area (Å²) in [6.45, 7) is 6.10. The molecule has 3 heteroatoms. The maximum Gasteiger partial charge on any atom is 0.0594 e. The van der Waals surface area contributed by atoms with E-state index in [9.17, 15) is 0 Å². The molecule has 3 rings (SSSR count). The molecule has 1 N–H and O–H groups in total. The molecule has 2 aliphatic rings. The Morgan fingerprint density at radius 1 is 1.28 bits per heavy atom. The topological polar surface area (TPSA) is 24.5 Å². The zero-order valence-electron chi connectivity index (χ0n) is 10.9. The molecule has 2 aliphatic heterocycles. The van der Waals surface area contributed by atoms with E-state index in [0.29, 0.717) is 6.04 Å². The lowest BCUT2D eigenvalue weighted by Crippen LogP contribution is -2.35. The van der Waals surface area contributed by atoms with Gasteiger partial charge in [-0.25, -0.2) is 0 Å². The molecule has 2 saturated heterocycles. The third kappa shape index (κ3) is 2.91. The van der Waals surface area contributed by atoms with Crippen LogP contribution in [0.2, 0.25) is 0 Å². The zero-order chi connectivity index (χ0) is 12.2. The van der Waals surface area contributed by atoms with E-state index < -0.39 is 0 Å². The van der Waals surface area contributed by atoms with E-state index in [1.54, 1.807) is 0 Å². The van der Waals surface area contributed by atoms with Crippen molar-refractivity contribution in [3.8, 4) is 0 Å². The van der Waals surface area contributed by atoms with Gasteiger partial charge >= 0.3 is 0 Å². The number of nitrogens with one attached hydrogen (secondary N) is 1. The summed E-state index contributed by atoms with van der Waals surface area (Å²) in [4.78, 5) is 2.48. The lowest BCUT2D eigenvalue weighted by Gasteiger charge is -2.26. The summed E-state index contributed by atoms with van der Waals surface area (Å²) in [5.74, 6) is 0. The van der Waals surface area contributed by atoms with Crippen LogP contribution in [0.3, 0.4) is 0 Å². The summed E-state index contributed by atoms with van der Waals surface area (Å²) < 4.78 is 5.39. The van der Waals surface area contributed by atoms with E-state index in [1.165, 1.54) is 30.5 Å². The number of nitrogens with zero attached hydrogens (tertiary/aromatic N) is 1. The predicted octanol–water partition coefficient (Wildman–Crippen LogP) is 1.94. The Bertz CT molecular complexity index is 382. The van der Waals surface area contributed by atoms with Gasteiger partial charge in [0.2, 0.25) is 0 Å². The Labute approximate surface area is 109 Å². The molecule has 0 spiro atoms. The molecule has 3 nitrogen and oxygen atoms in total. The molecule has 1 atom stereocenters. The van der Waals surface area contributed by atoms with Crippen LogP contribution in [0.25, 0.3) is 0 Å². The van der Waals surface area contributed by atoms with Crippen molar-refractivity contribution in [1.29, 1.82) is 0 Å². The summed E-state index contributed by atoms with van der Waals surface area (Å²) in [6.07, 6.45) is 2.58. The summed E-state index contributed by atoms with van der Waals surface area (Å²) >= 11 is 0. The van der Waals surface area contributed by atoms with Crippen molar-refractivity contribution in [2.75, 3.05) is 32.8 Å². The molecule has 0 bridgehead atoms. The van der Waals surface area contributed by atoms with Crippen LogP contribution in [0.15, 0.2) is 24.3 Å². The lowest BCUT2D eigenvalue weighted by atomic mass is 10.0. The van der Waals surface area contributed by atoms with E-state index in [0.717, 1.165) is 32.8 Å². The number of ether oxygens (including phenoxy) is 1. The number of rotatable bonds is 3. The van der Waals surface area contributed by atoms with Crippen LogP contribution in [0, 0.1) is 0 Å². The molecule has 98 valence electrons. The highest BCUT2D eigenvalue weighted by Crippen LogP contribution is 2.24. The Kier molecular flexibility index (Phi) is 3.93. The normalized spacial score (nSPS) is 25.4. The second-order valence-electron chi connectivity index (χ2n) is 5.28. The molecule has 0 aliphatic carbocycles. The fraction of sp³-hybridized carbons (Fsp3) is 0.600. The number of hydrogen-bond donors (Lipinski definition) is 1. The number of benzene rings is 1. The Balaban J connectivity index is 1.66. The van der Waals surface area contributed by atoms with Crippen LogP contribution in [0.4, 0.5) is 0 Å². The Hall–Kier alpha value is -0.900. The van der Waals surface area contributed by atoms with Gasteiger partial charge in [-0.3, -0.25) is 4.90 Å². The quantitative estimate of drug-likeness (QED) is 0.882. The molecule has 1 aromatic rings. The summed E-state index contributed by atoms with van der Waals surface area (Å²) in [5.41, 5.74) is 2.89. The summed E-state index contributed by atoms with van der Waals surface area (Å²) in [7, 11) is 0. The smallest absolute Gasteiger partial charge is 0.0594 e. The first kappa shape index (κ1) is 12.2. The first-order valence-corrected chi connectivity index (χ1v) is 7.04. The molecule has 2 heterocycles. The van der Waals surface area contributed by atoms with Gasteiger partial charge in [-0.1, -0.05) is 24.3 Å². The van der Waals surface area contributed by atoms with Gasteiger partial charge in [0.1, 0.15) is 0 Å². The van der Waals surface area contributed by atoms with Gasteiger partial charge in [0.15, 0.2) is 0 Å². The van der Waals surface area contributed by atoms with Gasteiger partial charge in [0.05, 0.1) is 13.2 Å². The molecule has 0 saturated carbocycles. The van der Waals surface area contributed by atoms with Crippen LogP contribution < -0.4 is 5.32 Å². The van der Waals surface area contributed by atoms with Crippen LogP contribution in [-0.2, 0) is 11.3 Å². The lowest BCUT2D eigenvalue weighted by molar-refractivity contribution is 0.0342. The minimum atomic E-state index is 0.578. The van der Waals surface area contributed by atoms with Crippen molar-refractivity contribution in [1.82, 2.24) is 10.2 Å². The SMILES string of the molecule is c1cc(CN2CCOCC2)cc(C2CCCN2)c1. The molecule has 0 radical (unpaired) electrons. The maximum absolute atomic E-state index is 5.39. The molecule has 1 aromatic carbocycles. The monoisotopic (exact) mass is 246 g/mol. The van der Waals surface area contributed by atoms with Gasteiger partial charge in [-0.15, -0.1) is 0 Å². The van der Waals surface area contributed by atoms with Crippen molar-refractivity contribution in [2.45, 2.75) is 25.4 Å². The van der Waals surface area contributed by atoms with Gasteiger partial charge in [0.25, 0.3) is 0 Å². The third-order valence-corrected chi connectivity index (χ3v) is 3.92. The second kappa shape index (κ2) is 5.83. The fourth-order valence-electron chi connectivity index (χ4n) is 2.89. The molecule has 0 aromatic heterocycles. The third-order valence-electron chi connectivity index (χ3n) is 3.92. The Morgan fingerprint density at radius 3 is 2.94 bits per heavy atom. The minimum Gasteiger partial charge on any atom is -0.379 e. The second-order valence-corrected chi connectivity index (χ2v) is 5.28. The van der Waals surface area contributed by atoms with Crippen LogP contribution in [0.5, 0.6) is 0 Å². The highest BCUT2D eigenvalue weighted by Gasteiger charge is 2.17. The highest BCUT2D eigenvalue weighted by atomic mass is 16.5. The summed E-state index contributed by atoms with van der Waals surface area (Å²) in [6, 6.07) is 9.65. The fourth-order valence-corrected chi connectivity index (χ4v) is 2.89. The molecule has 18 heavy (non-hydrogen) atoms. The zero-order valence-corrected chi connectivity index (χ0v) is 10.9. The van der Waals surface area contributed by atoms with E-state index in [2.05, 4.69) is 34.5 Å². The molecule has 2 fully saturated rings. The number of morpholine rings is 1. The van der Waals surface area contributed by atoms with Gasteiger partial charge < -0.3 is 10.1 Å². The highest BCUT2D eigenvalue weighted by molar-refractivity contribution is 5.26. The van der Waals surface area contributed by atoms with Crippen molar-refractivity contribution in [3.63, 3.8) is 0 Å². The summed E-state index contributed by atoms with van der Waals surface area (Å²) in [5, 5.41) is 3.57. The van der Waals surface area contributed by atoms with Crippen molar-refractivity contribution in [3.05, 3.63) is 35.4 Å². The van der Waals surface area contributed by atoms with E-state index >= 15 is 0 Å². The van der Waals surface area contributed by atoms with Crippen molar-refractivity contribution in [2.24, 2.45) is 0 Å². The molecular weight excluding hydrogens is 224 g/mol. The molecule has 1 unspecified atom stereocenters. The standard InChI is InChI=1S/C15H22N2O/c1-3-13(12-17-7-9-18-10-8-17)11-14(4-1)15-5-2-6-16-15/h1,3-4,11,15-16H,2,5-10,12H2. The Morgan fingerprint density at radius 2 is 2.17 bits per heavy atom.